The number of hydrogen-bond acceptors (Lipinski definition) is 3. The fourth-order valence-corrected chi connectivity index (χ4v) is 3.92. The minimum absolute atomic E-state index is 0.0736. The first-order valence-electron chi connectivity index (χ1n) is 12.1. The van der Waals surface area contributed by atoms with Crippen LogP contribution in [0, 0.1) is 0 Å². The molecule has 0 atom stereocenters. The van der Waals surface area contributed by atoms with Crippen LogP contribution >= 0.6 is 0 Å². The Bertz CT molecular complexity index is 447. The third-order valence-electron chi connectivity index (χ3n) is 5.77. The van der Waals surface area contributed by atoms with Crippen LogP contribution in [0.15, 0.2) is 30.3 Å². The highest BCUT2D eigenvalue weighted by molar-refractivity contribution is 5.14. The molecule has 3 heteroatoms. The van der Waals surface area contributed by atoms with Crippen molar-refractivity contribution in [2.75, 3.05) is 27.3 Å². The van der Waals surface area contributed by atoms with Gasteiger partial charge in [0.15, 0.2) is 6.29 Å². The summed E-state index contributed by atoms with van der Waals surface area (Å²) in [4.78, 5) is 2.60. The highest BCUT2D eigenvalue weighted by atomic mass is 16.7. The molecule has 0 radical (unpaired) electrons. The van der Waals surface area contributed by atoms with Crippen LogP contribution in [-0.2, 0) is 16.0 Å². The molecular formula is C26H47NO2. The number of benzene rings is 1. The molecule has 1 rings (SSSR count). The van der Waals surface area contributed by atoms with Gasteiger partial charge in [-0.2, -0.15) is 0 Å². The average Bonchev–Trinajstić information content (AvgIpc) is 2.75. The van der Waals surface area contributed by atoms with Crippen molar-refractivity contribution in [1.29, 1.82) is 0 Å². The van der Waals surface area contributed by atoms with Gasteiger partial charge in [0, 0.05) is 20.8 Å². The van der Waals surface area contributed by atoms with Crippen LogP contribution in [0.2, 0.25) is 0 Å². The molecule has 0 aliphatic carbocycles. The van der Waals surface area contributed by atoms with Gasteiger partial charge in [-0.3, -0.25) is 4.90 Å². The second-order valence-corrected chi connectivity index (χ2v) is 8.34. The van der Waals surface area contributed by atoms with Crippen molar-refractivity contribution in [3.8, 4) is 0 Å². The summed E-state index contributed by atoms with van der Waals surface area (Å²) in [5, 5.41) is 0. The molecule has 0 amide bonds. The molecule has 3 nitrogen and oxygen atoms in total. The molecule has 0 unspecified atom stereocenters. The van der Waals surface area contributed by atoms with Gasteiger partial charge in [-0.15, -0.1) is 0 Å². The smallest absolute Gasteiger partial charge is 0.156 e. The lowest BCUT2D eigenvalue weighted by molar-refractivity contribution is -0.107. The second-order valence-electron chi connectivity index (χ2n) is 8.34. The monoisotopic (exact) mass is 405 g/mol. The standard InChI is InChI=1S/C26H47NO2/c1-4-5-6-7-8-9-10-11-12-13-17-22-27(23-18-21-26(28-2)29-3)24-25-19-15-14-16-20-25/h14-16,19-20,26H,4-13,17-18,21-24H2,1-3H3. The quantitative estimate of drug-likeness (QED) is 0.169. The Balaban J connectivity index is 2.18. The van der Waals surface area contributed by atoms with E-state index < -0.39 is 0 Å². The molecule has 0 aromatic heterocycles. The zero-order valence-corrected chi connectivity index (χ0v) is 19.5. The van der Waals surface area contributed by atoms with Gasteiger partial charge in [-0.25, -0.2) is 0 Å². The molecule has 29 heavy (non-hydrogen) atoms. The fraction of sp³-hybridized carbons (Fsp3) is 0.769. The molecule has 0 N–H and O–H groups in total. The van der Waals surface area contributed by atoms with Gasteiger partial charge in [0.1, 0.15) is 0 Å². The van der Waals surface area contributed by atoms with Crippen LogP contribution in [-0.4, -0.2) is 38.5 Å². The Morgan fingerprint density at radius 1 is 0.690 bits per heavy atom. The molecule has 1 aromatic rings. The minimum Gasteiger partial charge on any atom is -0.356 e. The van der Waals surface area contributed by atoms with Crippen molar-refractivity contribution < 1.29 is 9.47 Å². The lowest BCUT2D eigenvalue weighted by Crippen LogP contribution is -2.27. The minimum atomic E-state index is -0.0736. The van der Waals surface area contributed by atoms with Crippen molar-refractivity contribution in [2.45, 2.75) is 103 Å². The molecule has 1 aromatic carbocycles. The van der Waals surface area contributed by atoms with E-state index in [0.29, 0.717) is 0 Å². The van der Waals surface area contributed by atoms with Gasteiger partial charge >= 0.3 is 0 Å². The van der Waals surface area contributed by atoms with E-state index in [9.17, 15) is 0 Å². The maximum atomic E-state index is 5.33. The third-order valence-corrected chi connectivity index (χ3v) is 5.77. The van der Waals surface area contributed by atoms with E-state index in [2.05, 4.69) is 42.2 Å². The van der Waals surface area contributed by atoms with Gasteiger partial charge in [0.05, 0.1) is 0 Å². The van der Waals surface area contributed by atoms with Crippen LogP contribution < -0.4 is 0 Å². The highest BCUT2D eigenvalue weighted by Crippen LogP contribution is 2.13. The van der Waals surface area contributed by atoms with Crippen molar-refractivity contribution in [3.63, 3.8) is 0 Å². The Kier molecular flexibility index (Phi) is 17.2. The summed E-state index contributed by atoms with van der Waals surface area (Å²) in [6.07, 6.45) is 17.4. The van der Waals surface area contributed by atoms with Gasteiger partial charge in [0.2, 0.25) is 0 Å². The molecule has 168 valence electrons. The summed E-state index contributed by atoms with van der Waals surface area (Å²) in [6, 6.07) is 10.9. The molecule has 0 heterocycles. The topological polar surface area (TPSA) is 21.7 Å². The Hall–Kier alpha value is -0.900. The van der Waals surface area contributed by atoms with Crippen molar-refractivity contribution in [2.24, 2.45) is 0 Å². The lowest BCUT2D eigenvalue weighted by atomic mass is 10.1. The number of ether oxygens (including phenoxy) is 2. The van der Waals surface area contributed by atoms with Crippen LogP contribution in [0.25, 0.3) is 0 Å². The van der Waals surface area contributed by atoms with E-state index in [4.69, 9.17) is 9.47 Å². The predicted molar refractivity (Wildman–Crippen MR) is 125 cm³/mol. The van der Waals surface area contributed by atoms with Gasteiger partial charge in [-0.1, -0.05) is 101 Å². The number of hydrogen-bond donors (Lipinski definition) is 0. The predicted octanol–water partition coefficient (Wildman–Crippen LogP) is 7.20. The maximum absolute atomic E-state index is 5.33. The summed E-state index contributed by atoms with van der Waals surface area (Å²) in [5.74, 6) is 0. The summed E-state index contributed by atoms with van der Waals surface area (Å²) in [6.45, 7) is 5.63. The maximum Gasteiger partial charge on any atom is 0.156 e. The third kappa shape index (κ3) is 14.7. The summed E-state index contributed by atoms with van der Waals surface area (Å²) >= 11 is 0. The second kappa shape index (κ2) is 19.1. The first kappa shape index (κ1) is 26.1. The molecule has 0 spiro atoms. The number of methoxy groups -OCH3 is 2. The van der Waals surface area contributed by atoms with Gasteiger partial charge in [0.25, 0.3) is 0 Å². The fourth-order valence-electron chi connectivity index (χ4n) is 3.92. The van der Waals surface area contributed by atoms with Crippen molar-refractivity contribution in [1.82, 2.24) is 4.90 Å². The van der Waals surface area contributed by atoms with Gasteiger partial charge in [-0.05, 0) is 37.9 Å². The van der Waals surface area contributed by atoms with Crippen LogP contribution in [0.5, 0.6) is 0 Å². The molecule has 0 saturated heterocycles. The number of unbranched alkanes of at least 4 members (excludes halogenated alkanes) is 10. The van der Waals surface area contributed by atoms with E-state index in [-0.39, 0.29) is 6.29 Å². The van der Waals surface area contributed by atoms with E-state index in [1.54, 1.807) is 14.2 Å². The lowest BCUT2D eigenvalue weighted by Gasteiger charge is -2.23. The molecule has 0 bridgehead atoms. The molecule has 0 aliphatic rings. The zero-order valence-electron chi connectivity index (χ0n) is 19.5. The van der Waals surface area contributed by atoms with Crippen molar-refractivity contribution in [3.05, 3.63) is 35.9 Å². The average molecular weight is 406 g/mol. The van der Waals surface area contributed by atoms with Gasteiger partial charge < -0.3 is 9.47 Å². The van der Waals surface area contributed by atoms with Crippen LogP contribution in [0.1, 0.15) is 96.0 Å². The Morgan fingerprint density at radius 2 is 1.21 bits per heavy atom. The largest absolute Gasteiger partial charge is 0.356 e. The highest BCUT2D eigenvalue weighted by Gasteiger charge is 2.09. The van der Waals surface area contributed by atoms with E-state index >= 15 is 0 Å². The van der Waals surface area contributed by atoms with Crippen LogP contribution in [0.3, 0.4) is 0 Å². The zero-order chi connectivity index (χ0) is 21.0. The molecule has 0 saturated carbocycles. The number of rotatable bonds is 20. The number of nitrogens with zero attached hydrogens (tertiary/aromatic N) is 1. The molecule has 0 fully saturated rings. The first-order valence-corrected chi connectivity index (χ1v) is 12.1. The van der Waals surface area contributed by atoms with Crippen LogP contribution in [0.4, 0.5) is 0 Å². The van der Waals surface area contributed by atoms with E-state index in [0.717, 1.165) is 25.9 Å². The summed E-state index contributed by atoms with van der Waals surface area (Å²) in [5.41, 5.74) is 1.41. The van der Waals surface area contributed by atoms with E-state index in [1.165, 1.54) is 82.7 Å². The molecule has 0 aliphatic heterocycles. The van der Waals surface area contributed by atoms with E-state index in [1.807, 2.05) is 0 Å². The summed E-state index contributed by atoms with van der Waals surface area (Å²) < 4.78 is 10.7. The Morgan fingerprint density at radius 3 is 1.76 bits per heavy atom. The Labute approximate surface area is 181 Å². The van der Waals surface area contributed by atoms with Crippen molar-refractivity contribution >= 4 is 0 Å². The summed E-state index contributed by atoms with van der Waals surface area (Å²) in [7, 11) is 3.45. The normalized spacial score (nSPS) is 11.6. The molecular weight excluding hydrogens is 358 g/mol. The first-order chi connectivity index (χ1) is 14.3. The SMILES string of the molecule is CCCCCCCCCCCCCN(CCCC(OC)OC)Cc1ccccc1.